The fraction of sp³-hybridized carbons (Fsp3) is 0.714. The number of aryl methyl sites for hydroxylation is 1. The normalized spacial score (nSPS) is 23.9. The Morgan fingerprint density at radius 2 is 2.22 bits per heavy atom. The smallest absolute Gasteiger partial charge is 0.252 e. The minimum Gasteiger partial charge on any atom is -0.370 e. The SMILES string of the molecule is CCc1nc(NCC2CCCCC2C)cc(=O)[nH]1. The number of nitrogens with zero attached hydrogens (tertiary/aromatic N) is 1. The molecule has 0 saturated heterocycles. The van der Waals surface area contributed by atoms with E-state index >= 15 is 0 Å². The lowest BCUT2D eigenvalue weighted by molar-refractivity contribution is 0.268. The van der Waals surface area contributed by atoms with Crippen LogP contribution in [-0.4, -0.2) is 16.5 Å². The second-order valence-electron chi connectivity index (χ2n) is 5.33. The maximum atomic E-state index is 11.4. The van der Waals surface area contributed by atoms with Crippen LogP contribution in [0.3, 0.4) is 0 Å². The molecule has 0 spiro atoms. The van der Waals surface area contributed by atoms with Gasteiger partial charge in [-0.25, -0.2) is 4.98 Å². The van der Waals surface area contributed by atoms with Gasteiger partial charge in [0.2, 0.25) is 0 Å². The van der Waals surface area contributed by atoms with Gasteiger partial charge in [-0.15, -0.1) is 0 Å². The highest BCUT2D eigenvalue weighted by molar-refractivity contribution is 5.33. The van der Waals surface area contributed by atoms with Crippen LogP contribution in [-0.2, 0) is 6.42 Å². The van der Waals surface area contributed by atoms with Crippen LogP contribution in [0.25, 0.3) is 0 Å². The summed E-state index contributed by atoms with van der Waals surface area (Å²) in [6, 6.07) is 1.55. The Morgan fingerprint density at radius 3 is 2.94 bits per heavy atom. The molecule has 4 heteroatoms. The molecule has 2 atom stereocenters. The van der Waals surface area contributed by atoms with Crippen LogP contribution in [0.5, 0.6) is 0 Å². The van der Waals surface area contributed by atoms with E-state index in [9.17, 15) is 4.79 Å². The van der Waals surface area contributed by atoms with Crippen molar-refractivity contribution in [1.82, 2.24) is 9.97 Å². The van der Waals surface area contributed by atoms with Crippen molar-refractivity contribution in [3.8, 4) is 0 Å². The van der Waals surface area contributed by atoms with Crippen molar-refractivity contribution in [1.29, 1.82) is 0 Å². The number of nitrogens with one attached hydrogen (secondary N) is 2. The van der Waals surface area contributed by atoms with E-state index in [0.29, 0.717) is 11.7 Å². The maximum absolute atomic E-state index is 11.4. The number of anilines is 1. The van der Waals surface area contributed by atoms with Crippen LogP contribution in [0.15, 0.2) is 10.9 Å². The number of hydrogen-bond acceptors (Lipinski definition) is 3. The minimum absolute atomic E-state index is 0.0685. The summed E-state index contributed by atoms with van der Waals surface area (Å²) >= 11 is 0. The molecule has 2 rings (SSSR count). The molecule has 2 N–H and O–H groups in total. The molecule has 0 bridgehead atoms. The van der Waals surface area contributed by atoms with Crippen molar-refractivity contribution in [3.05, 3.63) is 22.2 Å². The summed E-state index contributed by atoms with van der Waals surface area (Å²) in [6.45, 7) is 5.25. The van der Waals surface area contributed by atoms with E-state index in [1.165, 1.54) is 25.7 Å². The lowest BCUT2D eigenvalue weighted by Gasteiger charge is -2.28. The third-order valence-electron chi connectivity index (χ3n) is 3.96. The molecule has 2 unspecified atom stereocenters. The summed E-state index contributed by atoms with van der Waals surface area (Å²) in [7, 11) is 0. The predicted molar refractivity (Wildman–Crippen MR) is 73.8 cm³/mol. The number of rotatable bonds is 4. The highest BCUT2D eigenvalue weighted by Crippen LogP contribution is 2.29. The van der Waals surface area contributed by atoms with Crippen molar-refractivity contribution in [2.24, 2.45) is 11.8 Å². The van der Waals surface area contributed by atoms with Crippen LogP contribution in [0.1, 0.15) is 45.4 Å². The van der Waals surface area contributed by atoms with Crippen LogP contribution in [0.2, 0.25) is 0 Å². The highest BCUT2D eigenvalue weighted by atomic mass is 16.1. The van der Waals surface area contributed by atoms with Gasteiger partial charge < -0.3 is 10.3 Å². The van der Waals surface area contributed by atoms with Crippen molar-refractivity contribution < 1.29 is 0 Å². The zero-order valence-corrected chi connectivity index (χ0v) is 11.3. The molecule has 0 radical (unpaired) electrons. The van der Waals surface area contributed by atoms with Gasteiger partial charge in [0.1, 0.15) is 11.6 Å². The molecule has 0 aromatic carbocycles. The first-order valence-corrected chi connectivity index (χ1v) is 7.03. The van der Waals surface area contributed by atoms with Gasteiger partial charge in [0, 0.05) is 19.0 Å². The lowest BCUT2D eigenvalue weighted by atomic mass is 9.80. The van der Waals surface area contributed by atoms with E-state index in [1.54, 1.807) is 6.07 Å². The summed E-state index contributed by atoms with van der Waals surface area (Å²) in [5, 5.41) is 3.33. The quantitative estimate of drug-likeness (QED) is 0.862. The standard InChI is InChI=1S/C14H23N3O/c1-3-12-16-13(8-14(18)17-12)15-9-11-7-5-4-6-10(11)2/h8,10-11H,3-7,9H2,1-2H3,(H2,15,16,17,18). The molecule has 1 heterocycles. The Bertz CT molecular complexity index is 441. The summed E-state index contributed by atoms with van der Waals surface area (Å²) in [4.78, 5) is 18.6. The van der Waals surface area contributed by atoms with Crippen molar-refractivity contribution >= 4 is 5.82 Å². The molecule has 100 valence electrons. The van der Waals surface area contributed by atoms with E-state index in [1.807, 2.05) is 6.92 Å². The first-order chi connectivity index (χ1) is 8.69. The average Bonchev–Trinajstić information content (AvgIpc) is 2.37. The van der Waals surface area contributed by atoms with Crippen LogP contribution < -0.4 is 10.9 Å². The number of H-pyrrole nitrogens is 1. The minimum atomic E-state index is -0.0685. The van der Waals surface area contributed by atoms with Gasteiger partial charge in [-0.3, -0.25) is 4.79 Å². The zero-order chi connectivity index (χ0) is 13.0. The molecule has 18 heavy (non-hydrogen) atoms. The molecule has 1 aliphatic carbocycles. The summed E-state index contributed by atoms with van der Waals surface area (Å²) in [5.74, 6) is 2.96. The summed E-state index contributed by atoms with van der Waals surface area (Å²) < 4.78 is 0. The van der Waals surface area contributed by atoms with Gasteiger partial charge in [0.05, 0.1) is 0 Å². The van der Waals surface area contributed by atoms with Gasteiger partial charge in [0.25, 0.3) is 5.56 Å². The molecule has 0 aliphatic heterocycles. The van der Waals surface area contributed by atoms with Crippen molar-refractivity contribution in [2.75, 3.05) is 11.9 Å². The van der Waals surface area contributed by atoms with E-state index in [2.05, 4.69) is 22.2 Å². The van der Waals surface area contributed by atoms with E-state index in [-0.39, 0.29) is 5.56 Å². The molecule has 4 nitrogen and oxygen atoms in total. The van der Waals surface area contributed by atoms with Crippen molar-refractivity contribution in [2.45, 2.75) is 46.0 Å². The molecule has 1 fully saturated rings. The number of aromatic nitrogens is 2. The Hall–Kier alpha value is -1.32. The summed E-state index contributed by atoms with van der Waals surface area (Å²) in [6.07, 6.45) is 6.07. The van der Waals surface area contributed by atoms with E-state index in [4.69, 9.17) is 0 Å². The fourth-order valence-corrected chi connectivity index (χ4v) is 2.70. The third-order valence-corrected chi connectivity index (χ3v) is 3.96. The van der Waals surface area contributed by atoms with Crippen LogP contribution in [0.4, 0.5) is 5.82 Å². The molecule has 1 saturated carbocycles. The first kappa shape index (κ1) is 13.1. The predicted octanol–water partition coefficient (Wildman–Crippen LogP) is 2.57. The molecule has 1 aromatic rings. The van der Waals surface area contributed by atoms with Gasteiger partial charge in [-0.2, -0.15) is 0 Å². The topological polar surface area (TPSA) is 57.8 Å². The molecular weight excluding hydrogens is 226 g/mol. The Morgan fingerprint density at radius 1 is 1.44 bits per heavy atom. The molecule has 1 aromatic heterocycles. The van der Waals surface area contributed by atoms with Gasteiger partial charge >= 0.3 is 0 Å². The second kappa shape index (κ2) is 6.03. The largest absolute Gasteiger partial charge is 0.370 e. The first-order valence-electron chi connectivity index (χ1n) is 7.03. The van der Waals surface area contributed by atoms with Gasteiger partial charge in [-0.1, -0.05) is 33.1 Å². The second-order valence-corrected chi connectivity index (χ2v) is 5.33. The number of hydrogen-bond donors (Lipinski definition) is 2. The summed E-state index contributed by atoms with van der Waals surface area (Å²) in [5.41, 5.74) is -0.0685. The monoisotopic (exact) mass is 249 g/mol. The van der Waals surface area contributed by atoms with Crippen LogP contribution >= 0.6 is 0 Å². The van der Waals surface area contributed by atoms with Gasteiger partial charge in [0.15, 0.2) is 0 Å². The number of aromatic amines is 1. The average molecular weight is 249 g/mol. The molecule has 0 amide bonds. The van der Waals surface area contributed by atoms with Crippen LogP contribution in [0, 0.1) is 11.8 Å². The molecule has 1 aliphatic rings. The van der Waals surface area contributed by atoms with E-state index < -0.39 is 0 Å². The van der Waals surface area contributed by atoms with E-state index in [0.717, 1.165) is 24.7 Å². The Balaban J connectivity index is 1.97. The lowest BCUT2D eigenvalue weighted by Crippen LogP contribution is -2.25. The van der Waals surface area contributed by atoms with Crippen molar-refractivity contribution in [3.63, 3.8) is 0 Å². The Labute approximate surface area is 108 Å². The molecular formula is C14H23N3O. The maximum Gasteiger partial charge on any atom is 0.252 e. The zero-order valence-electron chi connectivity index (χ0n) is 11.3. The van der Waals surface area contributed by atoms with Gasteiger partial charge in [-0.05, 0) is 18.3 Å². The highest BCUT2D eigenvalue weighted by Gasteiger charge is 2.20. The third kappa shape index (κ3) is 3.34. The Kier molecular flexibility index (Phi) is 4.39. The fourth-order valence-electron chi connectivity index (χ4n) is 2.70.